The van der Waals surface area contributed by atoms with Crippen molar-refractivity contribution in [2.45, 2.75) is 32.4 Å². The smallest absolute Gasteiger partial charge is 0.257 e. The highest BCUT2D eigenvalue weighted by Gasteiger charge is 2.34. The fourth-order valence-electron chi connectivity index (χ4n) is 2.49. The van der Waals surface area contributed by atoms with Gasteiger partial charge in [-0.1, -0.05) is 42.0 Å². The van der Waals surface area contributed by atoms with E-state index in [-0.39, 0.29) is 17.5 Å². The molecule has 0 aliphatic heterocycles. The van der Waals surface area contributed by atoms with E-state index in [9.17, 15) is 9.18 Å². The van der Waals surface area contributed by atoms with Crippen molar-refractivity contribution < 1.29 is 9.18 Å². The Morgan fingerprint density at radius 2 is 1.90 bits per heavy atom. The van der Waals surface area contributed by atoms with E-state index in [4.69, 9.17) is 0 Å². The van der Waals surface area contributed by atoms with Crippen LogP contribution >= 0.6 is 0 Å². The largest absolute Gasteiger partial charge is 0.331 e. The van der Waals surface area contributed by atoms with Gasteiger partial charge in [-0.15, -0.1) is 0 Å². The van der Waals surface area contributed by atoms with E-state index in [1.54, 1.807) is 17.0 Å². The van der Waals surface area contributed by atoms with Crippen molar-refractivity contribution in [3.63, 3.8) is 0 Å². The highest BCUT2D eigenvalue weighted by molar-refractivity contribution is 5.95. The average molecular weight is 283 g/mol. The van der Waals surface area contributed by atoms with Crippen LogP contribution in [-0.2, 0) is 6.54 Å². The molecule has 21 heavy (non-hydrogen) atoms. The van der Waals surface area contributed by atoms with E-state index in [0.717, 1.165) is 24.0 Å². The third-order valence-electron chi connectivity index (χ3n) is 3.80. The molecule has 2 aromatic rings. The topological polar surface area (TPSA) is 20.3 Å². The highest BCUT2D eigenvalue weighted by atomic mass is 19.1. The number of hydrogen-bond acceptors (Lipinski definition) is 1. The van der Waals surface area contributed by atoms with Gasteiger partial charge in [0.2, 0.25) is 0 Å². The summed E-state index contributed by atoms with van der Waals surface area (Å²) in [5.41, 5.74) is 2.15. The van der Waals surface area contributed by atoms with Crippen LogP contribution < -0.4 is 0 Å². The zero-order chi connectivity index (χ0) is 14.8. The zero-order valence-electron chi connectivity index (χ0n) is 12.1. The summed E-state index contributed by atoms with van der Waals surface area (Å²) in [6.45, 7) is 2.41. The minimum absolute atomic E-state index is 0.179. The molecule has 3 heteroatoms. The molecule has 2 nitrogen and oxygen atoms in total. The van der Waals surface area contributed by atoms with Crippen LogP contribution in [-0.4, -0.2) is 16.8 Å². The van der Waals surface area contributed by atoms with Crippen LogP contribution in [0, 0.1) is 12.7 Å². The SMILES string of the molecule is Cc1ccc(F)c(C(=O)N(Cc2ccccc2)C2CC2)c1. The number of hydrogen-bond donors (Lipinski definition) is 0. The first-order valence-electron chi connectivity index (χ1n) is 7.26. The first kappa shape index (κ1) is 13.8. The minimum Gasteiger partial charge on any atom is -0.331 e. The second kappa shape index (κ2) is 5.68. The average Bonchev–Trinajstić information content (AvgIpc) is 3.32. The van der Waals surface area contributed by atoms with Crippen molar-refractivity contribution in [2.24, 2.45) is 0 Å². The molecule has 1 aliphatic carbocycles. The lowest BCUT2D eigenvalue weighted by atomic mass is 10.1. The van der Waals surface area contributed by atoms with Crippen molar-refractivity contribution in [1.29, 1.82) is 0 Å². The van der Waals surface area contributed by atoms with E-state index in [1.807, 2.05) is 37.3 Å². The van der Waals surface area contributed by atoms with E-state index < -0.39 is 5.82 Å². The summed E-state index contributed by atoms with van der Waals surface area (Å²) in [7, 11) is 0. The van der Waals surface area contributed by atoms with Gasteiger partial charge in [0.1, 0.15) is 5.82 Å². The Kier molecular flexibility index (Phi) is 3.74. The molecule has 0 saturated heterocycles. The maximum Gasteiger partial charge on any atom is 0.257 e. The summed E-state index contributed by atoms with van der Waals surface area (Å²) in [5.74, 6) is -0.646. The van der Waals surface area contributed by atoms with Gasteiger partial charge in [-0.2, -0.15) is 0 Å². The summed E-state index contributed by atoms with van der Waals surface area (Å²) in [4.78, 5) is 14.5. The molecular weight excluding hydrogens is 265 g/mol. The molecule has 1 fully saturated rings. The molecule has 0 heterocycles. The standard InChI is InChI=1S/C18H18FNO/c1-13-7-10-17(19)16(11-13)18(21)20(15-8-9-15)12-14-5-3-2-4-6-14/h2-7,10-11,15H,8-9,12H2,1H3. The molecule has 1 aliphatic rings. The van der Waals surface area contributed by atoms with Crippen LogP contribution in [0.25, 0.3) is 0 Å². The molecule has 1 saturated carbocycles. The van der Waals surface area contributed by atoms with Gasteiger partial charge in [0.15, 0.2) is 0 Å². The highest BCUT2D eigenvalue weighted by Crippen LogP contribution is 2.30. The number of carbonyl (C=O) groups excluding carboxylic acids is 1. The molecule has 0 N–H and O–H groups in total. The summed E-state index contributed by atoms with van der Waals surface area (Å²) in [6.07, 6.45) is 2.01. The Hall–Kier alpha value is -2.16. The van der Waals surface area contributed by atoms with Crippen LogP contribution in [0.4, 0.5) is 4.39 Å². The van der Waals surface area contributed by atoms with Crippen molar-refractivity contribution in [2.75, 3.05) is 0 Å². The van der Waals surface area contributed by atoms with Crippen molar-refractivity contribution >= 4 is 5.91 Å². The van der Waals surface area contributed by atoms with E-state index in [1.165, 1.54) is 6.07 Å². The van der Waals surface area contributed by atoms with Crippen LogP contribution in [0.15, 0.2) is 48.5 Å². The van der Waals surface area contributed by atoms with Crippen molar-refractivity contribution in [3.8, 4) is 0 Å². The van der Waals surface area contributed by atoms with Gasteiger partial charge < -0.3 is 4.90 Å². The predicted molar refractivity (Wildman–Crippen MR) is 80.5 cm³/mol. The first-order valence-corrected chi connectivity index (χ1v) is 7.26. The predicted octanol–water partition coefficient (Wildman–Crippen LogP) is 3.94. The summed E-state index contributed by atoms with van der Waals surface area (Å²) in [5, 5.41) is 0. The number of halogens is 1. The molecule has 0 atom stereocenters. The van der Waals surface area contributed by atoms with Crippen LogP contribution in [0.1, 0.15) is 34.3 Å². The van der Waals surface area contributed by atoms with Gasteiger partial charge in [0.25, 0.3) is 5.91 Å². The zero-order valence-corrected chi connectivity index (χ0v) is 12.1. The molecule has 0 radical (unpaired) electrons. The number of aryl methyl sites for hydroxylation is 1. The quantitative estimate of drug-likeness (QED) is 0.832. The number of nitrogens with zero attached hydrogens (tertiary/aromatic N) is 1. The molecular formula is C18H18FNO. The Morgan fingerprint density at radius 3 is 2.57 bits per heavy atom. The third kappa shape index (κ3) is 3.13. The molecule has 0 bridgehead atoms. The molecule has 3 rings (SSSR count). The van der Waals surface area contributed by atoms with Gasteiger partial charge in [-0.05, 0) is 37.5 Å². The summed E-state index contributed by atoms with van der Waals surface area (Å²) < 4.78 is 14.0. The monoisotopic (exact) mass is 283 g/mol. The van der Waals surface area contributed by atoms with Gasteiger partial charge in [-0.3, -0.25) is 4.79 Å². The Bertz CT molecular complexity index is 650. The van der Waals surface area contributed by atoms with Gasteiger partial charge >= 0.3 is 0 Å². The van der Waals surface area contributed by atoms with E-state index in [0.29, 0.717) is 6.54 Å². The molecule has 0 spiro atoms. The normalized spacial score (nSPS) is 14.0. The van der Waals surface area contributed by atoms with Crippen LogP contribution in [0.3, 0.4) is 0 Å². The molecule has 1 amide bonds. The van der Waals surface area contributed by atoms with Crippen LogP contribution in [0.2, 0.25) is 0 Å². The molecule has 0 unspecified atom stereocenters. The molecule has 2 aromatic carbocycles. The fraction of sp³-hybridized carbons (Fsp3) is 0.278. The number of amides is 1. The number of rotatable bonds is 4. The van der Waals surface area contributed by atoms with E-state index in [2.05, 4.69) is 0 Å². The maximum atomic E-state index is 14.0. The molecule has 108 valence electrons. The first-order chi connectivity index (χ1) is 10.1. The van der Waals surface area contributed by atoms with Crippen molar-refractivity contribution in [3.05, 3.63) is 71.0 Å². The summed E-state index contributed by atoms with van der Waals surface area (Å²) >= 11 is 0. The third-order valence-corrected chi connectivity index (χ3v) is 3.80. The Morgan fingerprint density at radius 1 is 1.19 bits per heavy atom. The number of carbonyl (C=O) groups is 1. The van der Waals surface area contributed by atoms with Gasteiger partial charge in [-0.25, -0.2) is 4.39 Å². The Balaban J connectivity index is 1.87. The molecule has 0 aromatic heterocycles. The maximum absolute atomic E-state index is 14.0. The second-order valence-corrected chi connectivity index (χ2v) is 5.63. The minimum atomic E-state index is -0.440. The Labute approximate surface area is 124 Å². The second-order valence-electron chi connectivity index (χ2n) is 5.63. The lowest BCUT2D eigenvalue weighted by Crippen LogP contribution is -2.33. The lowest BCUT2D eigenvalue weighted by Gasteiger charge is -2.23. The van der Waals surface area contributed by atoms with Gasteiger partial charge in [0, 0.05) is 12.6 Å². The van der Waals surface area contributed by atoms with Gasteiger partial charge in [0.05, 0.1) is 5.56 Å². The fourth-order valence-corrected chi connectivity index (χ4v) is 2.49. The van der Waals surface area contributed by atoms with Crippen molar-refractivity contribution in [1.82, 2.24) is 4.90 Å². The summed E-state index contributed by atoms with van der Waals surface area (Å²) in [6, 6.07) is 14.8. The number of benzene rings is 2. The van der Waals surface area contributed by atoms with Crippen LogP contribution in [0.5, 0.6) is 0 Å². The van der Waals surface area contributed by atoms with E-state index >= 15 is 0 Å². The lowest BCUT2D eigenvalue weighted by molar-refractivity contribution is 0.0725.